The lowest BCUT2D eigenvalue weighted by Crippen LogP contribution is -2.21. The van der Waals surface area contributed by atoms with Crippen molar-refractivity contribution in [2.45, 2.75) is 37.6 Å². The predicted octanol–water partition coefficient (Wildman–Crippen LogP) is 7.32. The van der Waals surface area contributed by atoms with E-state index >= 15 is 0 Å². The topological polar surface area (TPSA) is 44.1 Å². The quantitative estimate of drug-likeness (QED) is 0.195. The van der Waals surface area contributed by atoms with Gasteiger partial charge in [-0.05, 0) is 60.9 Å². The van der Waals surface area contributed by atoms with E-state index in [0.717, 1.165) is 40.2 Å². The first-order chi connectivity index (χ1) is 15.4. The van der Waals surface area contributed by atoms with Gasteiger partial charge >= 0.3 is 0 Å². The SMILES string of the molecule is CCCc1sc2nc(SCc3ccc(Cl)c(Cl)c3)n(-c3ccc(OC)cc3)c(=O)c2c1C. The lowest BCUT2D eigenvalue weighted by Gasteiger charge is -2.13. The van der Waals surface area contributed by atoms with Crippen molar-refractivity contribution in [1.29, 1.82) is 0 Å². The minimum absolute atomic E-state index is 0.0482. The molecule has 0 atom stereocenters. The van der Waals surface area contributed by atoms with Gasteiger partial charge in [0.25, 0.3) is 5.56 Å². The summed E-state index contributed by atoms with van der Waals surface area (Å²) in [6.07, 6.45) is 1.97. The number of aromatic nitrogens is 2. The first-order valence-electron chi connectivity index (χ1n) is 10.2. The molecule has 166 valence electrons. The Balaban J connectivity index is 1.84. The first-order valence-corrected chi connectivity index (χ1v) is 12.7. The number of hydrogen-bond donors (Lipinski definition) is 0. The number of aryl methyl sites for hydroxylation is 2. The normalized spacial score (nSPS) is 11.3. The molecule has 0 bridgehead atoms. The van der Waals surface area contributed by atoms with Gasteiger partial charge in [0.05, 0.1) is 28.2 Å². The highest BCUT2D eigenvalue weighted by atomic mass is 35.5. The van der Waals surface area contributed by atoms with Crippen LogP contribution in [-0.4, -0.2) is 16.7 Å². The summed E-state index contributed by atoms with van der Waals surface area (Å²) in [7, 11) is 1.62. The summed E-state index contributed by atoms with van der Waals surface area (Å²) >= 11 is 15.4. The lowest BCUT2D eigenvalue weighted by atomic mass is 10.1. The summed E-state index contributed by atoms with van der Waals surface area (Å²) in [4.78, 5) is 20.6. The van der Waals surface area contributed by atoms with Crippen molar-refractivity contribution < 1.29 is 4.74 Å². The third kappa shape index (κ3) is 4.55. The summed E-state index contributed by atoms with van der Waals surface area (Å²) < 4.78 is 6.98. The molecule has 0 N–H and O–H groups in total. The highest BCUT2D eigenvalue weighted by Crippen LogP contribution is 2.33. The molecule has 2 aromatic carbocycles. The van der Waals surface area contributed by atoms with Crippen molar-refractivity contribution in [3.63, 3.8) is 0 Å². The van der Waals surface area contributed by atoms with E-state index in [0.29, 0.717) is 26.3 Å². The minimum atomic E-state index is -0.0482. The molecule has 0 spiro atoms. The van der Waals surface area contributed by atoms with Gasteiger partial charge in [0.15, 0.2) is 5.16 Å². The second-order valence-electron chi connectivity index (χ2n) is 7.35. The summed E-state index contributed by atoms with van der Waals surface area (Å²) in [6.45, 7) is 4.17. The Morgan fingerprint density at radius 2 is 1.88 bits per heavy atom. The average Bonchev–Trinajstić information content (AvgIpc) is 3.10. The smallest absolute Gasteiger partial charge is 0.267 e. The molecule has 4 nitrogen and oxygen atoms in total. The van der Waals surface area contributed by atoms with Gasteiger partial charge in [-0.1, -0.05) is 54.4 Å². The number of rotatable bonds is 7. The number of halogens is 2. The Morgan fingerprint density at radius 3 is 2.53 bits per heavy atom. The van der Waals surface area contributed by atoms with E-state index in [4.69, 9.17) is 32.9 Å². The number of ether oxygens (including phenoxy) is 1. The van der Waals surface area contributed by atoms with E-state index in [1.165, 1.54) is 16.6 Å². The third-order valence-electron chi connectivity index (χ3n) is 5.19. The van der Waals surface area contributed by atoms with Gasteiger partial charge in [-0.25, -0.2) is 4.98 Å². The first kappa shape index (κ1) is 23.2. The predicted molar refractivity (Wildman–Crippen MR) is 137 cm³/mol. The maximum absolute atomic E-state index is 13.7. The van der Waals surface area contributed by atoms with Crippen molar-refractivity contribution in [3.8, 4) is 11.4 Å². The zero-order chi connectivity index (χ0) is 22.8. The molecular formula is C24H22Cl2N2O2S2. The Morgan fingerprint density at radius 1 is 1.12 bits per heavy atom. The molecule has 2 aromatic heterocycles. The maximum atomic E-state index is 13.7. The molecule has 32 heavy (non-hydrogen) atoms. The summed E-state index contributed by atoms with van der Waals surface area (Å²) in [5, 5.41) is 2.38. The molecule has 0 unspecified atom stereocenters. The van der Waals surface area contributed by atoms with Crippen LogP contribution in [0.15, 0.2) is 52.4 Å². The van der Waals surface area contributed by atoms with Gasteiger partial charge in [0, 0.05) is 10.6 Å². The molecule has 0 amide bonds. The fourth-order valence-electron chi connectivity index (χ4n) is 3.51. The molecule has 0 aliphatic carbocycles. The number of fused-ring (bicyclic) bond motifs is 1. The maximum Gasteiger partial charge on any atom is 0.267 e. The van der Waals surface area contributed by atoms with Gasteiger partial charge < -0.3 is 4.74 Å². The molecule has 0 aliphatic rings. The lowest BCUT2D eigenvalue weighted by molar-refractivity contribution is 0.414. The summed E-state index contributed by atoms with van der Waals surface area (Å²) in [5.41, 5.74) is 2.75. The Kier molecular flexibility index (Phi) is 7.15. The number of hydrogen-bond acceptors (Lipinski definition) is 5. The molecule has 0 saturated heterocycles. The zero-order valence-electron chi connectivity index (χ0n) is 17.9. The van der Waals surface area contributed by atoms with Crippen molar-refractivity contribution in [2.75, 3.05) is 7.11 Å². The Labute approximate surface area is 205 Å². The standard InChI is InChI=1S/C24H22Cl2N2O2S2/c1-4-5-20-14(2)21-22(32-20)27-24(31-13-15-6-11-18(25)19(26)12-15)28(23(21)29)16-7-9-17(30-3)10-8-16/h6-12H,4-5,13H2,1-3H3. The largest absolute Gasteiger partial charge is 0.497 e. The third-order valence-corrected chi connectivity index (χ3v) is 8.19. The Hall–Kier alpha value is -1.99. The summed E-state index contributed by atoms with van der Waals surface area (Å²) in [6, 6.07) is 13.0. The number of nitrogens with zero attached hydrogens (tertiary/aromatic N) is 2. The number of methoxy groups -OCH3 is 1. The fraction of sp³-hybridized carbons (Fsp3) is 0.250. The monoisotopic (exact) mass is 504 g/mol. The highest BCUT2D eigenvalue weighted by molar-refractivity contribution is 7.98. The second-order valence-corrected chi connectivity index (χ2v) is 10.2. The van der Waals surface area contributed by atoms with Crippen LogP contribution < -0.4 is 10.3 Å². The second kappa shape index (κ2) is 9.87. The van der Waals surface area contributed by atoms with E-state index in [-0.39, 0.29) is 5.56 Å². The van der Waals surface area contributed by atoms with Gasteiger partial charge in [-0.15, -0.1) is 11.3 Å². The van der Waals surface area contributed by atoms with Crippen LogP contribution in [0.25, 0.3) is 15.9 Å². The van der Waals surface area contributed by atoms with Crippen LogP contribution in [0.1, 0.15) is 29.3 Å². The van der Waals surface area contributed by atoms with Gasteiger partial charge in [-0.3, -0.25) is 9.36 Å². The van der Waals surface area contributed by atoms with Crippen LogP contribution in [0.2, 0.25) is 10.0 Å². The zero-order valence-corrected chi connectivity index (χ0v) is 21.1. The van der Waals surface area contributed by atoms with Crippen LogP contribution in [0.5, 0.6) is 5.75 Å². The van der Waals surface area contributed by atoms with Crippen molar-refractivity contribution in [1.82, 2.24) is 9.55 Å². The van der Waals surface area contributed by atoms with Crippen molar-refractivity contribution >= 4 is 56.5 Å². The number of thiophene rings is 1. The molecule has 4 aromatic rings. The molecule has 4 rings (SSSR count). The average molecular weight is 505 g/mol. The molecule has 0 fully saturated rings. The van der Waals surface area contributed by atoms with Crippen LogP contribution >= 0.6 is 46.3 Å². The molecule has 0 aliphatic heterocycles. The van der Waals surface area contributed by atoms with Gasteiger partial charge in [-0.2, -0.15) is 0 Å². The van der Waals surface area contributed by atoms with E-state index in [9.17, 15) is 4.79 Å². The van der Waals surface area contributed by atoms with Crippen LogP contribution in [0.4, 0.5) is 0 Å². The van der Waals surface area contributed by atoms with Crippen molar-refractivity contribution in [2.24, 2.45) is 0 Å². The van der Waals surface area contributed by atoms with Crippen molar-refractivity contribution in [3.05, 3.63) is 78.9 Å². The molecule has 8 heteroatoms. The van der Waals surface area contributed by atoms with E-state index in [2.05, 4.69) is 6.92 Å². The number of thioether (sulfide) groups is 1. The van der Waals surface area contributed by atoms with E-state index in [1.54, 1.807) is 29.1 Å². The molecule has 2 heterocycles. The molecular weight excluding hydrogens is 483 g/mol. The highest BCUT2D eigenvalue weighted by Gasteiger charge is 2.19. The van der Waals surface area contributed by atoms with Gasteiger partial charge in [0.1, 0.15) is 10.6 Å². The fourth-order valence-corrected chi connectivity index (χ4v) is 6.11. The van der Waals surface area contributed by atoms with Crippen LogP contribution in [0, 0.1) is 6.92 Å². The van der Waals surface area contributed by atoms with E-state index < -0.39 is 0 Å². The van der Waals surface area contributed by atoms with Gasteiger partial charge in [0.2, 0.25) is 0 Å². The number of benzene rings is 2. The summed E-state index contributed by atoms with van der Waals surface area (Å²) in [5.74, 6) is 1.34. The van der Waals surface area contributed by atoms with Crippen LogP contribution in [-0.2, 0) is 12.2 Å². The minimum Gasteiger partial charge on any atom is -0.497 e. The van der Waals surface area contributed by atoms with E-state index in [1.807, 2.05) is 43.3 Å². The molecule has 0 saturated carbocycles. The Bertz CT molecular complexity index is 1330. The molecule has 0 radical (unpaired) electrons. The van der Waals surface area contributed by atoms with Crippen LogP contribution in [0.3, 0.4) is 0 Å².